The van der Waals surface area contributed by atoms with Crippen molar-refractivity contribution in [3.05, 3.63) is 34.1 Å². The van der Waals surface area contributed by atoms with E-state index in [-0.39, 0.29) is 0 Å². The highest BCUT2D eigenvalue weighted by Gasteiger charge is 2.18. The van der Waals surface area contributed by atoms with E-state index in [0.29, 0.717) is 5.92 Å². The number of allylic oxidation sites excluding steroid dienone is 5. The summed E-state index contributed by atoms with van der Waals surface area (Å²) in [6.45, 7) is 11.0. The molecule has 0 saturated heterocycles. The maximum atomic E-state index is 5.52. The molecule has 0 amide bonds. The third-order valence-electron chi connectivity index (χ3n) is 3.22. The zero-order valence-corrected chi connectivity index (χ0v) is 11.5. The molecule has 0 saturated carbocycles. The summed E-state index contributed by atoms with van der Waals surface area (Å²) in [4.78, 5) is 0. The summed E-state index contributed by atoms with van der Waals surface area (Å²) in [5, 5.41) is 0. The van der Waals surface area contributed by atoms with E-state index < -0.39 is 0 Å². The zero-order valence-electron chi connectivity index (χ0n) is 11.5. The van der Waals surface area contributed by atoms with Crippen LogP contribution in [0.2, 0.25) is 0 Å². The van der Waals surface area contributed by atoms with E-state index in [9.17, 15) is 0 Å². The molecule has 16 heavy (non-hydrogen) atoms. The van der Waals surface area contributed by atoms with Crippen molar-refractivity contribution in [3.8, 4) is 0 Å². The Morgan fingerprint density at radius 2 is 1.81 bits per heavy atom. The predicted octanol–water partition coefficient (Wildman–Crippen LogP) is 4.62. The number of methoxy groups -OCH3 is 1. The largest absolute Gasteiger partial charge is 0.497 e. The Kier molecular flexibility index (Phi) is 4.40. The maximum absolute atomic E-state index is 5.52. The summed E-state index contributed by atoms with van der Waals surface area (Å²) in [5.74, 6) is 1.64. The molecule has 0 N–H and O–H groups in total. The summed E-state index contributed by atoms with van der Waals surface area (Å²) in [6, 6.07) is 0. The van der Waals surface area contributed by atoms with Crippen molar-refractivity contribution in [2.45, 2.75) is 47.5 Å². The van der Waals surface area contributed by atoms with Gasteiger partial charge in [-0.1, -0.05) is 23.6 Å². The topological polar surface area (TPSA) is 9.23 Å². The van der Waals surface area contributed by atoms with Gasteiger partial charge in [-0.05, 0) is 58.1 Å². The lowest BCUT2D eigenvalue weighted by atomic mass is 9.95. The van der Waals surface area contributed by atoms with Crippen molar-refractivity contribution in [3.63, 3.8) is 0 Å². The van der Waals surface area contributed by atoms with E-state index >= 15 is 0 Å². The summed E-state index contributed by atoms with van der Waals surface area (Å²) >= 11 is 0. The molecule has 1 unspecified atom stereocenters. The molecule has 0 heterocycles. The van der Waals surface area contributed by atoms with Gasteiger partial charge in [0.2, 0.25) is 0 Å². The van der Waals surface area contributed by atoms with Gasteiger partial charge in [-0.3, -0.25) is 0 Å². The Morgan fingerprint density at radius 3 is 2.25 bits per heavy atom. The fraction of sp³-hybridized carbons (Fsp3) is 0.600. The lowest BCUT2D eigenvalue weighted by molar-refractivity contribution is 0.296. The molecule has 0 spiro atoms. The molecule has 0 aromatic heterocycles. The minimum Gasteiger partial charge on any atom is -0.497 e. The van der Waals surface area contributed by atoms with E-state index in [1.165, 1.54) is 16.7 Å². The Bertz CT molecular complexity index is 348. The first-order valence-electron chi connectivity index (χ1n) is 6.03. The molecule has 0 aromatic rings. The molecule has 1 rings (SSSR count). The SMILES string of the molecule is COC1=CC(C)CC(=C(C)C)CC1=C(C)C. The van der Waals surface area contributed by atoms with Gasteiger partial charge >= 0.3 is 0 Å². The first-order valence-corrected chi connectivity index (χ1v) is 6.03. The normalized spacial score (nSPS) is 21.4. The number of hydrogen-bond donors (Lipinski definition) is 0. The molecule has 0 fully saturated rings. The van der Waals surface area contributed by atoms with Crippen molar-refractivity contribution in [2.75, 3.05) is 7.11 Å². The van der Waals surface area contributed by atoms with E-state index in [4.69, 9.17) is 4.74 Å². The highest BCUT2D eigenvalue weighted by molar-refractivity contribution is 5.37. The molecule has 0 bridgehead atoms. The minimum absolute atomic E-state index is 0.566. The number of ether oxygens (including phenoxy) is 1. The minimum atomic E-state index is 0.566. The Labute approximate surface area is 99.9 Å². The zero-order chi connectivity index (χ0) is 12.3. The average molecular weight is 220 g/mol. The van der Waals surface area contributed by atoms with Gasteiger partial charge in [0.25, 0.3) is 0 Å². The summed E-state index contributed by atoms with van der Waals surface area (Å²) in [7, 11) is 1.77. The Morgan fingerprint density at radius 1 is 1.19 bits per heavy atom. The molecule has 0 aliphatic heterocycles. The molecule has 0 aromatic carbocycles. The van der Waals surface area contributed by atoms with Crippen LogP contribution >= 0.6 is 0 Å². The fourth-order valence-corrected chi connectivity index (χ4v) is 2.17. The molecular formula is C15H24O. The molecule has 1 aliphatic rings. The van der Waals surface area contributed by atoms with Crippen molar-refractivity contribution in [1.82, 2.24) is 0 Å². The second-order valence-electron chi connectivity index (χ2n) is 5.18. The van der Waals surface area contributed by atoms with Crippen LogP contribution in [-0.4, -0.2) is 7.11 Å². The van der Waals surface area contributed by atoms with Gasteiger partial charge in [0.05, 0.1) is 7.11 Å². The summed E-state index contributed by atoms with van der Waals surface area (Å²) < 4.78 is 5.52. The smallest absolute Gasteiger partial charge is 0.118 e. The van der Waals surface area contributed by atoms with Crippen molar-refractivity contribution >= 4 is 0 Å². The van der Waals surface area contributed by atoms with Crippen molar-refractivity contribution in [2.24, 2.45) is 5.92 Å². The van der Waals surface area contributed by atoms with E-state index in [0.717, 1.165) is 18.6 Å². The predicted molar refractivity (Wildman–Crippen MR) is 70.2 cm³/mol. The van der Waals surface area contributed by atoms with Gasteiger partial charge in [0.15, 0.2) is 0 Å². The van der Waals surface area contributed by atoms with Gasteiger partial charge < -0.3 is 4.74 Å². The lowest BCUT2D eigenvalue weighted by Crippen LogP contribution is -1.96. The molecule has 1 nitrogen and oxygen atoms in total. The van der Waals surface area contributed by atoms with Crippen LogP contribution < -0.4 is 0 Å². The number of rotatable bonds is 1. The Hall–Kier alpha value is -0.980. The quantitative estimate of drug-likeness (QED) is 0.586. The van der Waals surface area contributed by atoms with Crippen LogP contribution in [0.4, 0.5) is 0 Å². The molecule has 1 heteroatoms. The monoisotopic (exact) mass is 220 g/mol. The molecule has 90 valence electrons. The summed E-state index contributed by atoms with van der Waals surface area (Å²) in [5.41, 5.74) is 5.74. The average Bonchev–Trinajstić information content (AvgIpc) is 2.36. The third kappa shape index (κ3) is 3.01. The van der Waals surface area contributed by atoms with Gasteiger partial charge in [-0.25, -0.2) is 0 Å². The van der Waals surface area contributed by atoms with Gasteiger partial charge in [-0.2, -0.15) is 0 Å². The van der Waals surface area contributed by atoms with Crippen molar-refractivity contribution in [1.29, 1.82) is 0 Å². The van der Waals surface area contributed by atoms with Crippen molar-refractivity contribution < 1.29 is 4.74 Å². The van der Waals surface area contributed by atoms with Crippen LogP contribution in [0.15, 0.2) is 34.1 Å². The van der Waals surface area contributed by atoms with Crippen LogP contribution in [0, 0.1) is 5.92 Å². The van der Waals surface area contributed by atoms with Crippen LogP contribution in [0.25, 0.3) is 0 Å². The highest BCUT2D eigenvalue weighted by Crippen LogP contribution is 2.33. The van der Waals surface area contributed by atoms with E-state index in [2.05, 4.69) is 40.7 Å². The first kappa shape index (κ1) is 13.1. The molecule has 1 atom stereocenters. The van der Waals surface area contributed by atoms with Crippen LogP contribution in [0.1, 0.15) is 47.5 Å². The van der Waals surface area contributed by atoms with Crippen LogP contribution in [0.5, 0.6) is 0 Å². The Balaban J connectivity index is 3.19. The highest BCUT2D eigenvalue weighted by atomic mass is 16.5. The first-order chi connectivity index (χ1) is 7.45. The molecule has 0 radical (unpaired) electrons. The molecular weight excluding hydrogens is 196 g/mol. The number of hydrogen-bond acceptors (Lipinski definition) is 1. The summed E-state index contributed by atoms with van der Waals surface area (Å²) in [6.07, 6.45) is 4.47. The maximum Gasteiger partial charge on any atom is 0.118 e. The van der Waals surface area contributed by atoms with Gasteiger partial charge in [0.1, 0.15) is 5.76 Å². The lowest BCUT2D eigenvalue weighted by Gasteiger charge is -2.13. The van der Waals surface area contributed by atoms with Crippen LogP contribution in [-0.2, 0) is 4.74 Å². The van der Waals surface area contributed by atoms with E-state index in [1.807, 2.05) is 0 Å². The second-order valence-corrected chi connectivity index (χ2v) is 5.18. The second kappa shape index (κ2) is 5.38. The molecule has 1 aliphatic carbocycles. The fourth-order valence-electron chi connectivity index (χ4n) is 2.17. The van der Waals surface area contributed by atoms with E-state index in [1.54, 1.807) is 12.7 Å². The third-order valence-corrected chi connectivity index (χ3v) is 3.22. The van der Waals surface area contributed by atoms with Gasteiger partial charge in [0, 0.05) is 0 Å². The van der Waals surface area contributed by atoms with Gasteiger partial charge in [-0.15, -0.1) is 0 Å². The van der Waals surface area contributed by atoms with Crippen LogP contribution in [0.3, 0.4) is 0 Å². The standard InChI is InChI=1S/C15H24O/c1-10(2)13-7-12(5)8-15(16-6)14(9-13)11(3)4/h8,12H,7,9H2,1-6H3.